The van der Waals surface area contributed by atoms with Crippen molar-refractivity contribution in [1.29, 1.82) is 0 Å². The van der Waals surface area contributed by atoms with Crippen molar-refractivity contribution < 1.29 is 14.0 Å². The topological polar surface area (TPSA) is 84.2 Å². The van der Waals surface area contributed by atoms with Crippen LogP contribution in [0.5, 0.6) is 0 Å². The lowest BCUT2D eigenvalue weighted by atomic mass is 10.2. The minimum absolute atomic E-state index is 0.228. The summed E-state index contributed by atoms with van der Waals surface area (Å²) in [5.41, 5.74) is 4.15. The van der Waals surface area contributed by atoms with Gasteiger partial charge in [0, 0.05) is 28.1 Å². The van der Waals surface area contributed by atoms with E-state index < -0.39 is 0 Å². The number of nitrogens with zero attached hydrogens (tertiary/aromatic N) is 1. The van der Waals surface area contributed by atoms with Crippen LogP contribution in [-0.2, 0) is 9.59 Å². The number of nitrogens with one attached hydrogen (secondary N) is 2. The summed E-state index contributed by atoms with van der Waals surface area (Å²) >= 11 is 0. The minimum Gasteiger partial charge on any atom is -0.436 e. The molecule has 1 heterocycles. The summed E-state index contributed by atoms with van der Waals surface area (Å²) in [7, 11) is 0. The summed E-state index contributed by atoms with van der Waals surface area (Å²) < 4.78 is 5.78. The molecular weight excluding hydrogens is 342 g/mol. The first-order valence-corrected chi connectivity index (χ1v) is 8.28. The monoisotopic (exact) mass is 361 g/mol. The van der Waals surface area contributed by atoms with E-state index in [1.165, 1.54) is 0 Å². The predicted molar refractivity (Wildman–Crippen MR) is 106 cm³/mol. The van der Waals surface area contributed by atoms with Gasteiger partial charge in [-0.15, -0.1) is 0 Å². The van der Waals surface area contributed by atoms with Crippen molar-refractivity contribution in [3.8, 4) is 11.5 Å². The Labute approximate surface area is 156 Å². The van der Waals surface area contributed by atoms with Gasteiger partial charge in [-0.05, 0) is 56.3 Å². The van der Waals surface area contributed by atoms with E-state index in [2.05, 4.69) is 28.8 Å². The van der Waals surface area contributed by atoms with Crippen molar-refractivity contribution in [1.82, 2.24) is 4.98 Å². The second kappa shape index (κ2) is 7.29. The van der Waals surface area contributed by atoms with E-state index in [0.29, 0.717) is 39.5 Å². The molecule has 0 radical (unpaired) electrons. The Hall–Kier alpha value is -3.67. The highest BCUT2D eigenvalue weighted by atomic mass is 16.3. The fourth-order valence-corrected chi connectivity index (χ4v) is 2.30. The molecular formula is C21H19N3O3. The zero-order valence-corrected chi connectivity index (χ0v) is 15.1. The molecule has 0 atom stereocenters. The number of carbonyl (C=O) groups is 2. The van der Waals surface area contributed by atoms with Crippen LogP contribution in [0.2, 0.25) is 0 Å². The third kappa shape index (κ3) is 4.12. The van der Waals surface area contributed by atoms with Gasteiger partial charge in [0.2, 0.25) is 5.89 Å². The van der Waals surface area contributed by atoms with Crippen LogP contribution in [0, 0.1) is 0 Å². The number of carbonyl (C=O) groups excluding carboxylic acids is 2. The number of rotatable bonds is 5. The maximum atomic E-state index is 11.7. The molecule has 0 fully saturated rings. The zero-order chi connectivity index (χ0) is 19.6. The first-order valence-electron chi connectivity index (χ1n) is 8.28. The predicted octanol–water partition coefficient (Wildman–Crippen LogP) is 4.52. The van der Waals surface area contributed by atoms with Crippen LogP contribution in [0.15, 0.2) is 71.2 Å². The molecule has 2 N–H and O–H groups in total. The van der Waals surface area contributed by atoms with Gasteiger partial charge in [-0.25, -0.2) is 4.98 Å². The zero-order valence-electron chi connectivity index (χ0n) is 15.1. The molecule has 2 amide bonds. The number of fused-ring (bicyclic) bond motifs is 1. The smallest absolute Gasteiger partial charge is 0.250 e. The standard InChI is InChI=1S/C21H19N3O3/c1-12(2)19(25)22-15-7-5-14(6-8-15)21-24-17-11-16(9-10-18(17)27-21)23-20(26)13(3)4/h5-11H,1,3H2,2,4H3,(H,22,25)(H,23,26). The molecule has 6 nitrogen and oxygen atoms in total. The second-order valence-corrected chi connectivity index (χ2v) is 6.25. The van der Waals surface area contributed by atoms with Crippen LogP contribution >= 0.6 is 0 Å². The van der Waals surface area contributed by atoms with Crippen molar-refractivity contribution in [2.24, 2.45) is 0 Å². The van der Waals surface area contributed by atoms with Gasteiger partial charge in [-0.2, -0.15) is 0 Å². The van der Waals surface area contributed by atoms with Gasteiger partial charge >= 0.3 is 0 Å². The highest BCUT2D eigenvalue weighted by molar-refractivity contribution is 6.04. The van der Waals surface area contributed by atoms with Gasteiger partial charge < -0.3 is 15.1 Å². The Kier molecular flexibility index (Phi) is 4.90. The summed E-state index contributed by atoms with van der Waals surface area (Å²) in [5.74, 6) is -0.0226. The van der Waals surface area contributed by atoms with Gasteiger partial charge in [-0.3, -0.25) is 9.59 Å². The van der Waals surface area contributed by atoms with Crippen molar-refractivity contribution in [3.05, 3.63) is 66.8 Å². The number of aromatic nitrogens is 1. The van der Waals surface area contributed by atoms with Crippen molar-refractivity contribution in [2.45, 2.75) is 13.8 Å². The summed E-state index contributed by atoms with van der Waals surface area (Å²) in [6.07, 6.45) is 0. The van der Waals surface area contributed by atoms with E-state index in [0.717, 1.165) is 5.56 Å². The fourth-order valence-electron chi connectivity index (χ4n) is 2.30. The lowest BCUT2D eigenvalue weighted by Crippen LogP contribution is -2.11. The minimum atomic E-state index is -0.245. The molecule has 0 aliphatic carbocycles. The third-order valence-corrected chi connectivity index (χ3v) is 3.81. The molecule has 27 heavy (non-hydrogen) atoms. The van der Waals surface area contributed by atoms with Crippen LogP contribution in [-0.4, -0.2) is 16.8 Å². The molecule has 1 aromatic heterocycles. The van der Waals surface area contributed by atoms with E-state index >= 15 is 0 Å². The lowest BCUT2D eigenvalue weighted by Gasteiger charge is -2.04. The van der Waals surface area contributed by atoms with Gasteiger partial charge in [-0.1, -0.05) is 13.2 Å². The molecule has 6 heteroatoms. The average Bonchev–Trinajstić information content (AvgIpc) is 3.05. The normalized spacial score (nSPS) is 10.4. The maximum absolute atomic E-state index is 11.7. The molecule has 2 aromatic carbocycles. The number of anilines is 2. The van der Waals surface area contributed by atoms with E-state index in [4.69, 9.17) is 4.42 Å². The number of amides is 2. The van der Waals surface area contributed by atoms with E-state index in [1.807, 2.05) is 12.1 Å². The summed E-state index contributed by atoms with van der Waals surface area (Å²) in [5, 5.41) is 5.49. The Morgan fingerprint density at radius 2 is 1.44 bits per heavy atom. The van der Waals surface area contributed by atoms with Crippen molar-refractivity contribution in [3.63, 3.8) is 0 Å². The maximum Gasteiger partial charge on any atom is 0.250 e. The Morgan fingerprint density at radius 3 is 2.04 bits per heavy atom. The SMILES string of the molecule is C=C(C)C(=O)Nc1ccc(-c2nc3cc(NC(=O)C(=C)C)ccc3o2)cc1. The average molecular weight is 361 g/mol. The van der Waals surface area contributed by atoms with Gasteiger partial charge in [0.25, 0.3) is 11.8 Å². The Balaban J connectivity index is 1.82. The quantitative estimate of drug-likeness (QED) is 0.654. The first-order chi connectivity index (χ1) is 12.8. The second-order valence-electron chi connectivity index (χ2n) is 6.25. The molecule has 0 aliphatic rings. The lowest BCUT2D eigenvalue weighted by molar-refractivity contribution is -0.113. The molecule has 0 saturated carbocycles. The van der Waals surface area contributed by atoms with E-state index in [1.54, 1.807) is 44.2 Å². The van der Waals surface area contributed by atoms with Crippen LogP contribution in [0.25, 0.3) is 22.6 Å². The highest BCUT2D eigenvalue weighted by Gasteiger charge is 2.11. The molecule has 0 aliphatic heterocycles. The molecule has 0 spiro atoms. The first kappa shape index (κ1) is 18.1. The van der Waals surface area contributed by atoms with Gasteiger partial charge in [0.15, 0.2) is 5.58 Å². The number of oxazole rings is 1. The molecule has 3 rings (SSSR count). The summed E-state index contributed by atoms with van der Waals surface area (Å²) in [6, 6.07) is 12.4. The molecule has 0 bridgehead atoms. The summed E-state index contributed by atoms with van der Waals surface area (Å²) in [4.78, 5) is 27.9. The van der Waals surface area contributed by atoms with Gasteiger partial charge in [0.1, 0.15) is 5.52 Å². The van der Waals surface area contributed by atoms with Crippen LogP contribution in [0.1, 0.15) is 13.8 Å². The van der Waals surface area contributed by atoms with Crippen LogP contribution < -0.4 is 10.6 Å². The molecule has 136 valence electrons. The highest BCUT2D eigenvalue weighted by Crippen LogP contribution is 2.27. The Morgan fingerprint density at radius 1 is 0.889 bits per heavy atom. The molecule has 0 unspecified atom stereocenters. The van der Waals surface area contributed by atoms with Crippen LogP contribution in [0.3, 0.4) is 0 Å². The number of hydrogen-bond acceptors (Lipinski definition) is 4. The Bertz CT molecular complexity index is 1060. The third-order valence-electron chi connectivity index (χ3n) is 3.81. The summed E-state index contributed by atoms with van der Waals surface area (Å²) in [6.45, 7) is 10.5. The van der Waals surface area contributed by atoms with E-state index in [-0.39, 0.29) is 11.8 Å². The number of hydrogen-bond donors (Lipinski definition) is 2. The van der Waals surface area contributed by atoms with Crippen molar-refractivity contribution in [2.75, 3.05) is 10.6 Å². The molecule has 3 aromatic rings. The molecule has 0 saturated heterocycles. The van der Waals surface area contributed by atoms with Gasteiger partial charge in [0.05, 0.1) is 0 Å². The number of benzene rings is 2. The van der Waals surface area contributed by atoms with E-state index in [9.17, 15) is 9.59 Å². The fraction of sp³-hybridized carbons (Fsp3) is 0.0952. The van der Waals surface area contributed by atoms with Crippen molar-refractivity contribution >= 4 is 34.3 Å². The van der Waals surface area contributed by atoms with Crippen LogP contribution in [0.4, 0.5) is 11.4 Å². The largest absolute Gasteiger partial charge is 0.436 e.